The highest BCUT2D eigenvalue weighted by Crippen LogP contribution is 2.33. The van der Waals surface area contributed by atoms with E-state index in [1.54, 1.807) is 12.5 Å². The molecular formula is C12H15N5. The largest absolute Gasteiger partial charge is 0.348 e. The summed E-state index contributed by atoms with van der Waals surface area (Å²) in [6, 6.07) is 4.44. The molecule has 3 rings (SSSR count). The van der Waals surface area contributed by atoms with Crippen molar-refractivity contribution in [1.29, 1.82) is 0 Å². The molecule has 1 aliphatic rings. The Kier molecular flexibility index (Phi) is 2.51. The van der Waals surface area contributed by atoms with Gasteiger partial charge >= 0.3 is 0 Å². The third-order valence-electron chi connectivity index (χ3n) is 3.22. The van der Waals surface area contributed by atoms with Gasteiger partial charge in [0.2, 0.25) is 0 Å². The highest BCUT2D eigenvalue weighted by molar-refractivity contribution is 5.43. The van der Waals surface area contributed by atoms with Gasteiger partial charge in [0.25, 0.3) is 0 Å². The third-order valence-corrected chi connectivity index (χ3v) is 3.22. The maximum Gasteiger partial charge on any atom is 0.132 e. The highest BCUT2D eigenvalue weighted by atomic mass is 15.3. The van der Waals surface area contributed by atoms with Crippen LogP contribution in [0.2, 0.25) is 0 Å². The molecule has 5 nitrogen and oxygen atoms in total. The van der Waals surface area contributed by atoms with Crippen molar-refractivity contribution in [2.75, 3.05) is 11.4 Å². The van der Waals surface area contributed by atoms with E-state index in [-0.39, 0.29) is 0 Å². The van der Waals surface area contributed by atoms with Crippen LogP contribution in [-0.4, -0.2) is 26.7 Å². The quantitative estimate of drug-likeness (QED) is 0.853. The molecule has 0 saturated carbocycles. The van der Waals surface area contributed by atoms with Gasteiger partial charge in [0.1, 0.15) is 12.1 Å². The Bertz CT molecular complexity index is 493. The normalized spacial score (nSPS) is 19.8. The number of rotatable bonds is 2. The van der Waals surface area contributed by atoms with Gasteiger partial charge in [0, 0.05) is 24.5 Å². The molecule has 0 aliphatic carbocycles. The van der Waals surface area contributed by atoms with E-state index in [0.717, 1.165) is 24.5 Å². The molecule has 1 aliphatic heterocycles. The van der Waals surface area contributed by atoms with Crippen molar-refractivity contribution in [2.45, 2.75) is 25.8 Å². The molecule has 0 amide bonds. The summed E-state index contributed by atoms with van der Waals surface area (Å²) < 4.78 is 0. The van der Waals surface area contributed by atoms with Gasteiger partial charge in [-0.2, -0.15) is 5.10 Å². The minimum Gasteiger partial charge on any atom is -0.348 e. The number of aromatic nitrogens is 4. The Morgan fingerprint density at radius 1 is 1.41 bits per heavy atom. The number of hydrogen-bond acceptors (Lipinski definition) is 4. The average molecular weight is 229 g/mol. The summed E-state index contributed by atoms with van der Waals surface area (Å²) >= 11 is 0. The molecule has 1 fully saturated rings. The molecule has 5 heteroatoms. The van der Waals surface area contributed by atoms with Crippen molar-refractivity contribution in [3.8, 4) is 0 Å². The lowest BCUT2D eigenvalue weighted by molar-refractivity contribution is 0.682. The molecule has 0 aromatic carbocycles. The van der Waals surface area contributed by atoms with E-state index in [2.05, 4.69) is 25.1 Å². The summed E-state index contributed by atoms with van der Waals surface area (Å²) in [6.07, 6.45) is 5.77. The molecule has 2 aromatic rings. The van der Waals surface area contributed by atoms with Crippen molar-refractivity contribution >= 4 is 5.82 Å². The molecule has 88 valence electrons. The fraction of sp³-hybridized carbons (Fsp3) is 0.417. The molecule has 3 heterocycles. The van der Waals surface area contributed by atoms with E-state index in [1.807, 2.05) is 19.1 Å². The lowest BCUT2D eigenvalue weighted by Crippen LogP contribution is -2.24. The van der Waals surface area contributed by atoms with E-state index in [4.69, 9.17) is 0 Å². The molecule has 0 spiro atoms. The van der Waals surface area contributed by atoms with Gasteiger partial charge in [-0.25, -0.2) is 9.97 Å². The fourth-order valence-electron chi connectivity index (χ4n) is 2.41. The van der Waals surface area contributed by atoms with Crippen LogP contribution in [0.4, 0.5) is 5.82 Å². The van der Waals surface area contributed by atoms with E-state index < -0.39 is 0 Å². The average Bonchev–Trinajstić information content (AvgIpc) is 3.00. The second-order valence-electron chi connectivity index (χ2n) is 4.38. The number of nitrogens with zero attached hydrogens (tertiary/aromatic N) is 4. The Labute approximate surface area is 99.9 Å². The van der Waals surface area contributed by atoms with Crippen molar-refractivity contribution in [3.63, 3.8) is 0 Å². The maximum atomic E-state index is 4.36. The lowest BCUT2D eigenvalue weighted by atomic mass is 10.1. The molecule has 1 saturated heterocycles. The summed E-state index contributed by atoms with van der Waals surface area (Å²) in [6.45, 7) is 3.03. The first kappa shape index (κ1) is 10.3. The highest BCUT2D eigenvalue weighted by Gasteiger charge is 2.27. The van der Waals surface area contributed by atoms with Crippen LogP contribution in [0.15, 0.2) is 24.7 Å². The first-order valence-corrected chi connectivity index (χ1v) is 5.89. The van der Waals surface area contributed by atoms with Gasteiger partial charge in [0.05, 0.1) is 11.7 Å². The topological polar surface area (TPSA) is 57.7 Å². The van der Waals surface area contributed by atoms with Gasteiger partial charge in [-0.15, -0.1) is 0 Å². The Morgan fingerprint density at radius 3 is 3.12 bits per heavy atom. The van der Waals surface area contributed by atoms with Crippen LogP contribution in [-0.2, 0) is 0 Å². The van der Waals surface area contributed by atoms with E-state index in [0.29, 0.717) is 6.04 Å². The summed E-state index contributed by atoms with van der Waals surface area (Å²) in [4.78, 5) is 10.8. The molecule has 1 unspecified atom stereocenters. The lowest BCUT2D eigenvalue weighted by Gasteiger charge is -2.24. The molecule has 0 bridgehead atoms. The molecule has 1 atom stereocenters. The van der Waals surface area contributed by atoms with E-state index in [9.17, 15) is 0 Å². The van der Waals surface area contributed by atoms with Gasteiger partial charge < -0.3 is 4.90 Å². The van der Waals surface area contributed by atoms with Crippen LogP contribution in [0.3, 0.4) is 0 Å². The maximum absolute atomic E-state index is 4.36. The second-order valence-corrected chi connectivity index (χ2v) is 4.38. The van der Waals surface area contributed by atoms with Crippen LogP contribution in [0.1, 0.15) is 30.3 Å². The first-order chi connectivity index (χ1) is 8.34. The van der Waals surface area contributed by atoms with Crippen molar-refractivity contribution in [2.24, 2.45) is 0 Å². The zero-order chi connectivity index (χ0) is 11.7. The van der Waals surface area contributed by atoms with Gasteiger partial charge in [-0.1, -0.05) is 0 Å². The van der Waals surface area contributed by atoms with Gasteiger partial charge in [-0.05, 0) is 25.8 Å². The predicted molar refractivity (Wildman–Crippen MR) is 64.7 cm³/mol. The summed E-state index contributed by atoms with van der Waals surface area (Å²) in [5, 5.41) is 7.09. The Morgan fingerprint density at radius 2 is 2.35 bits per heavy atom. The van der Waals surface area contributed by atoms with E-state index >= 15 is 0 Å². The summed E-state index contributed by atoms with van der Waals surface area (Å²) in [5.74, 6) is 1.01. The van der Waals surface area contributed by atoms with Crippen molar-refractivity contribution < 1.29 is 0 Å². The standard InChI is InChI=1S/C12H15N5/c1-9-7-12(14-8-13-9)17-6-2-3-11(17)10-4-5-15-16-10/h4-5,7-8,11H,2-3,6H2,1H3,(H,15,16). The van der Waals surface area contributed by atoms with Crippen LogP contribution in [0.5, 0.6) is 0 Å². The first-order valence-electron chi connectivity index (χ1n) is 5.89. The molecular weight excluding hydrogens is 214 g/mol. The molecule has 17 heavy (non-hydrogen) atoms. The summed E-state index contributed by atoms with van der Waals surface area (Å²) in [5.41, 5.74) is 2.17. The number of nitrogens with one attached hydrogen (secondary N) is 1. The SMILES string of the molecule is Cc1cc(N2CCCC2c2ccn[nH]2)ncn1. The number of hydrogen-bond donors (Lipinski definition) is 1. The number of H-pyrrole nitrogens is 1. The van der Waals surface area contributed by atoms with Crippen LogP contribution < -0.4 is 4.90 Å². The minimum absolute atomic E-state index is 0.367. The van der Waals surface area contributed by atoms with Crippen LogP contribution in [0, 0.1) is 6.92 Å². The molecule has 1 N–H and O–H groups in total. The fourth-order valence-corrected chi connectivity index (χ4v) is 2.41. The van der Waals surface area contributed by atoms with Crippen LogP contribution >= 0.6 is 0 Å². The number of aromatic amines is 1. The Balaban J connectivity index is 1.92. The smallest absolute Gasteiger partial charge is 0.132 e. The van der Waals surface area contributed by atoms with Crippen molar-refractivity contribution in [1.82, 2.24) is 20.2 Å². The second kappa shape index (κ2) is 4.16. The minimum atomic E-state index is 0.367. The number of anilines is 1. The van der Waals surface area contributed by atoms with Gasteiger partial charge in [-0.3, -0.25) is 5.10 Å². The molecule has 0 radical (unpaired) electrons. The van der Waals surface area contributed by atoms with E-state index in [1.165, 1.54) is 12.1 Å². The zero-order valence-electron chi connectivity index (χ0n) is 9.80. The van der Waals surface area contributed by atoms with Crippen LogP contribution in [0.25, 0.3) is 0 Å². The van der Waals surface area contributed by atoms with Crippen molar-refractivity contribution in [3.05, 3.63) is 36.0 Å². The number of aryl methyl sites for hydroxylation is 1. The van der Waals surface area contributed by atoms with Gasteiger partial charge in [0.15, 0.2) is 0 Å². The monoisotopic (exact) mass is 229 g/mol. The Hall–Kier alpha value is -1.91. The third kappa shape index (κ3) is 1.88. The zero-order valence-corrected chi connectivity index (χ0v) is 9.80. The predicted octanol–water partition coefficient (Wildman–Crippen LogP) is 1.85. The summed E-state index contributed by atoms with van der Waals surface area (Å²) in [7, 11) is 0. The molecule has 2 aromatic heterocycles.